The number of benzene rings is 1. The normalized spacial score (nSPS) is 10.9. The predicted molar refractivity (Wildman–Crippen MR) is 73.8 cm³/mol. The maximum Gasteiger partial charge on any atom is 0.261 e. The highest BCUT2D eigenvalue weighted by molar-refractivity contribution is 9.11. The van der Waals surface area contributed by atoms with Crippen LogP contribution < -0.4 is 4.74 Å². The van der Waals surface area contributed by atoms with Crippen LogP contribution in [0.2, 0.25) is 0 Å². The average molecular weight is 402 g/mol. The minimum atomic E-state index is -3.77. The first-order valence-corrected chi connectivity index (χ1v) is 8.25. The fourth-order valence-corrected chi connectivity index (χ4v) is 3.53. The molecule has 0 bridgehead atoms. The van der Waals surface area contributed by atoms with Gasteiger partial charge in [-0.25, -0.2) is 8.42 Å². The molecule has 0 aliphatic heterocycles. The number of rotatable bonds is 4. The number of hydrogen-bond donors (Lipinski definition) is 0. The van der Waals surface area contributed by atoms with Gasteiger partial charge < -0.3 is 4.74 Å². The minimum Gasteiger partial charge on any atom is -0.490 e. The number of ether oxygens (including phenoxy) is 1. The molecule has 1 aromatic carbocycles. The molecule has 0 amide bonds. The van der Waals surface area contributed by atoms with E-state index in [0.29, 0.717) is 27.7 Å². The van der Waals surface area contributed by atoms with E-state index in [0.717, 1.165) is 0 Å². The van der Waals surface area contributed by atoms with Gasteiger partial charge in [0.2, 0.25) is 0 Å². The summed E-state index contributed by atoms with van der Waals surface area (Å²) in [5.41, 5.74) is 0. The van der Waals surface area contributed by atoms with Crippen LogP contribution in [-0.2, 0) is 9.05 Å². The van der Waals surface area contributed by atoms with Crippen molar-refractivity contribution < 1.29 is 13.2 Å². The quantitative estimate of drug-likeness (QED) is 0.440. The van der Waals surface area contributed by atoms with Gasteiger partial charge in [-0.1, -0.05) is 0 Å². The highest BCUT2D eigenvalue weighted by atomic mass is 79.9. The fraction of sp³-hybridized carbons (Fsp3) is 0.200. The van der Waals surface area contributed by atoms with Crippen molar-refractivity contribution in [1.82, 2.24) is 0 Å². The third kappa shape index (κ3) is 4.18. The predicted octanol–water partition coefficient (Wildman–Crippen LogP) is 3.54. The monoisotopic (exact) mass is 400 g/mol. The van der Waals surface area contributed by atoms with Gasteiger partial charge in [0.25, 0.3) is 9.05 Å². The molecule has 0 unspecified atom stereocenters. The molecule has 0 atom stereocenters. The Bertz CT molecular complexity index is 540. The van der Waals surface area contributed by atoms with Crippen LogP contribution in [0.15, 0.2) is 26.0 Å². The van der Waals surface area contributed by atoms with E-state index in [1.165, 1.54) is 12.1 Å². The summed E-state index contributed by atoms with van der Waals surface area (Å²) in [7, 11) is 1.48. The standard InChI is InChI=1S/C10H7Br2ClO3S/c1-2-3-4-16-10-8(11)5-7(6-9(10)12)17(13,14)15/h1,5-6H,3-4H2. The van der Waals surface area contributed by atoms with Gasteiger partial charge in [0.05, 0.1) is 20.4 Å². The van der Waals surface area contributed by atoms with E-state index >= 15 is 0 Å². The number of hydrogen-bond acceptors (Lipinski definition) is 3. The molecule has 0 spiro atoms. The average Bonchev–Trinajstić information content (AvgIpc) is 2.20. The molecule has 0 N–H and O–H groups in total. The lowest BCUT2D eigenvalue weighted by Crippen LogP contribution is -1.99. The van der Waals surface area contributed by atoms with Crippen LogP contribution in [0.1, 0.15) is 6.42 Å². The van der Waals surface area contributed by atoms with Crippen LogP contribution in [0, 0.1) is 12.3 Å². The van der Waals surface area contributed by atoms with Gasteiger partial charge in [-0.05, 0) is 44.0 Å². The molecule has 0 aliphatic carbocycles. The molecule has 0 saturated carbocycles. The third-order valence-corrected chi connectivity index (χ3v) is 4.26. The zero-order chi connectivity index (χ0) is 13.1. The summed E-state index contributed by atoms with van der Waals surface area (Å²) in [4.78, 5) is -0.0118. The molecule has 1 aromatic rings. The zero-order valence-electron chi connectivity index (χ0n) is 8.41. The number of terminal acetylenes is 1. The Morgan fingerprint density at radius 3 is 2.29 bits per heavy atom. The van der Waals surface area contributed by atoms with Gasteiger partial charge >= 0.3 is 0 Å². The van der Waals surface area contributed by atoms with E-state index in [-0.39, 0.29) is 4.90 Å². The van der Waals surface area contributed by atoms with E-state index in [1.54, 1.807) is 0 Å². The highest BCUT2D eigenvalue weighted by Crippen LogP contribution is 2.36. The van der Waals surface area contributed by atoms with Crippen LogP contribution in [0.3, 0.4) is 0 Å². The lowest BCUT2D eigenvalue weighted by molar-refractivity contribution is 0.323. The fourth-order valence-electron chi connectivity index (χ4n) is 1.03. The van der Waals surface area contributed by atoms with E-state index < -0.39 is 9.05 Å². The third-order valence-electron chi connectivity index (χ3n) is 1.75. The summed E-state index contributed by atoms with van der Waals surface area (Å²) < 4.78 is 28.7. The van der Waals surface area contributed by atoms with Crippen molar-refractivity contribution in [3.63, 3.8) is 0 Å². The molecule has 7 heteroatoms. The van der Waals surface area contributed by atoms with E-state index in [2.05, 4.69) is 37.8 Å². The second-order valence-corrected chi connectivity index (χ2v) is 7.23. The zero-order valence-corrected chi connectivity index (χ0v) is 13.2. The van der Waals surface area contributed by atoms with Crippen molar-refractivity contribution >= 4 is 51.6 Å². The molecule has 0 aromatic heterocycles. The van der Waals surface area contributed by atoms with Crippen LogP contribution >= 0.6 is 42.5 Å². The lowest BCUT2D eigenvalue weighted by Gasteiger charge is -2.10. The summed E-state index contributed by atoms with van der Waals surface area (Å²) in [6, 6.07) is 2.75. The Hall–Kier alpha value is -0.220. The first kappa shape index (κ1) is 14.8. The molecular formula is C10H7Br2ClO3S. The van der Waals surface area contributed by atoms with Gasteiger partial charge in [0, 0.05) is 17.1 Å². The lowest BCUT2D eigenvalue weighted by atomic mass is 10.3. The second kappa shape index (κ2) is 6.10. The summed E-state index contributed by atoms with van der Waals surface area (Å²) in [5, 5.41) is 0. The summed E-state index contributed by atoms with van der Waals surface area (Å²) >= 11 is 6.43. The Morgan fingerprint density at radius 2 is 1.88 bits per heavy atom. The smallest absolute Gasteiger partial charge is 0.261 e. The first-order valence-electron chi connectivity index (χ1n) is 4.36. The van der Waals surface area contributed by atoms with Gasteiger partial charge in [-0.3, -0.25) is 0 Å². The molecule has 1 rings (SSSR count). The van der Waals surface area contributed by atoms with Crippen molar-refractivity contribution in [2.45, 2.75) is 11.3 Å². The van der Waals surface area contributed by atoms with Crippen molar-refractivity contribution in [3.05, 3.63) is 21.1 Å². The van der Waals surface area contributed by atoms with Gasteiger partial charge in [-0.15, -0.1) is 12.3 Å². The largest absolute Gasteiger partial charge is 0.490 e. The van der Waals surface area contributed by atoms with Crippen molar-refractivity contribution in [2.75, 3.05) is 6.61 Å². The topological polar surface area (TPSA) is 43.4 Å². The van der Waals surface area contributed by atoms with Crippen LogP contribution in [0.25, 0.3) is 0 Å². The summed E-state index contributed by atoms with van der Waals surface area (Å²) in [6.07, 6.45) is 5.57. The van der Waals surface area contributed by atoms with Crippen LogP contribution in [0.4, 0.5) is 0 Å². The van der Waals surface area contributed by atoms with E-state index in [9.17, 15) is 8.42 Å². The Labute approximate surface area is 121 Å². The van der Waals surface area contributed by atoms with Crippen molar-refractivity contribution in [2.24, 2.45) is 0 Å². The van der Waals surface area contributed by atoms with Gasteiger partial charge in [-0.2, -0.15) is 0 Å². The second-order valence-electron chi connectivity index (χ2n) is 2.96. The van der Waals surface area contributed by atoms with Gasteiger partial charge in [0.1, 0.15) is 5.75 Å². The molecule has 3 nitrogen and oxygen atoms in total. The molecule has 0 fully saturated rings. The Morgan fingerprint density at radius 1 is 1.35 bits per heavy atom. The SMILES string of the molecule is C#CCCOc1c(Br)cc(S(=O)(=O)Cl)cc1Br. The molecule has 92 valence electrons. The van der Waals surface area contributed by atoms with Crippen LogP contribution in [-0.4, -0.2) is 15.0 Å². The van der Waals surface area contributed by atoms with Crippen LogP contribution in [0.5, 0.6) is 5.75 Å². The van der Waals surface area contributed by atoms with E-state index in [4.69, 9.17) is 21.8 Å². The number of halogens is 3. The van der Waals surface area contributed by atoms with Crippen molar-refractivity contribution in [1.29, 1.82) is 0 Å². The highest BCUT2D eigenvalue weighted by Gasteiger charge is 2.16. The van der Waals surface area contributed by atoms with Crippen molar-refractivity contribution in [3.8, 4) is 18.1 Å². The summed E-state index contributed by atoms with van der Waals surface area (Å²) in [6.45, 7) is 0.348. The maximum atomic E-state index is 11.2. The first-order chi connectivity index (χ1) is 7.86. The molecule has 0 radical (unpaired) electrons. The molecule has 0 saturated heterocycles. The Balaban J connectivity index is 3.08. The molecule has 0 aliphatic rings. The molecule has 0 heterocycles. The maximum absolute atomic E-state index is 11.2. The minimum absolute atomic E-state index is 0.0118. The Kier molecular flexibility index (Phi) is 5.32. The molecule has 17 heavy (non-hydrogen) atoms. The van der Waals surface area contributed by atoms with E-state index in [1.807, 2.05) is 0 Å². The summed E-state index contributed by atoms with van der Waals surface area (Å²) in [5.74, 6) is 2.93. The van der Waals surface area contributed by atoms with Gasteiger partial charge in [0.15, 0.2) is 0 Å². The molecular weight excluding hydrogens is 395 g/mol.